The third kappa shape index (κ3) is 3.28. The normalized spacial score (nSPS) is 16.9. The maximum absolute atomic E-state index is 12.2. The van der Waals surface area contributed by atoms with E-state index in [0.717, 1.165) is 37.5 Å². The Labute approximate surface area is 124 Å². The van der Waals surface area contributed by atoms with Gasteiger partial charge in [0.1, 0.15) is 0 Å². The molecule has 0 atom stereocenters. The zero-order chi connectivity index (χ0) is 14.7. The highest BCUT2D eigenvalue weighted by molar-refractivity contribution is 5.92. The van der Waals surface area contributed by atoms with Gasteiger partial charge in [0, 0.05) is 30.9 Å². The van der Waals surface area contributed by atoms with E-state index in [0.29, 0.717) is 18.3 Å². The van der Waals surface area contributed by atoms with Gasteiger partial charge in [-0.05, 0) is 25.1 Å². The van der Waals surface area contributed by atoms with E-state index in [1.165, 1.54) is 0 Å². The van der Waals surface area contributed by atoms with Crippen molar-refractivity contribution in [2.75, 3.05) is 38.3 Å². The number of carbonyl (C=O) groups is 1. The molecule has 0 radical (unpaired) electrons. The van der Waals surface area contributed by atoms with Crippen LogP contribution in [0.1, 0.15) is 13.3 Å². The van der Waals surface area contributed by atoms with Gasteiger partial charge in [0.15, 0.2) is 11.5 Å². The smallest absolute Gasteiger partial charge is 0.238 e. The van der Waals surface area contributed by atoms with Crippen LogP contribution in [0.15, 0.2) is 18.2 Å². The van der Waals surface area contributed by atoms with Crippen LogP contribution in [-0.2, 0) is 4.79 Å². The Kier molecular flexibility index (Phi) is 4.26. The van der Waals surface area contributed by atoms with Gasteiger partial charge in [-0.3, -0.25) is 9.69 Å². The first-order valence-electron chi connectivity index (χ1n) is 7.40. The van der Waals surface area contributed by atoms with E-state index in [-0.39, 0.29) is 12.7 Å². The molecule has 1 fully saturated rings. The third-order valence-corrected chi connectivity index (χ3v) is 3.79. The maximum atomic E-state index is 12.2. The number of nitrogens with zero attached hydrogens (tertiary/aromatic N) is 1. The van der Waals surface area contributed by atoms with Gasteiger partial charge in [-0.25, -0.2) is 0 Å². The Morgan fingerprint density at radius 3 is 2.90 bits per heavy atom. The second kappa shape index (κ2) is 6.32. The van der Waals surface area contributed by atoms with Crippen LogP contribution in [0.4, 0.5) is 5.69 Å². The quantitative estimate of drug-likeness (QED) is 0.820. The summed E-state index contributed by atoms with van der Waals surface area (Å²) >= 11 is 0. The molecule has 1 aromatic carbocycles. The lowest BCUT2D eigenvalue weighted by molar-refractivity contribution is -0.118. The number of hydrogen-bond donors (Lipinski definition) is 2. The summed E-state index contributed by atoms with van der Waals surface area (Å²) in [5.74, 6) is 1.41. The van der Waals surface area contributed by atoms with Gasteiger partial charge < -0.3 is 20.1 Å². The number of ether oxygens (including phenoxy) is 2. The van der Waals surface area contributed by atoms with Crippen molar-refractivity contribution < 1.29 is 14.3 Å². The van der Waals surface area contributed by atoms with Crippen LogP contribution < -0.4 is 20.1 Å². The number of benzene rings is 1. The fourth-order valence-corrected chi connectivity index (χ4v) is 2.57. The van der Waals surface area contributed by atoms with E-state index < -0.39 is 0 Å². The molecule has 2 aliphatic heterocycles. The summed E-state index contributed by atoms with van der Waals surface area (Å²) in [4.78, 5) is 14.4. The summed E-state index contributed by atoms with van der Waals surface area (Å²) in [6, 6.07) is 5.93. The molecule has 114 valence electrons. The number of anilines is 1. The molecule has 21 heavy (non-hydrogen) atoms. The molecule has 0 bridgehead atoms. The highest BCUT2D eigenvalue weighted by Crippen LogP contribution is 2.34. The molecule has 0 saturated carbocycles. The molecule has 2 heterocycles. The van der Waals surface area contributed by atoms with Crippen molar-refractivity contribution in [2.45, 2.75) is 19.4 Å². The first-order chi connectivity index (χ1) is 10.3. The second-order valence-corrected chi connectivity index (χ2v) is 5.40. The van der Waals surface area contributed by atoms with E-state index >= 15 is 0 Å². The molecule has 0 aliphatic carbocycles. The van der Waals surface area contributed by atoms with Crippen molar-refractivity contribution in [3.8, 4) is 11.5 Å². The molecule has 1 amide bonds. The number of hydrogen-bond acceptors (Lipinski definition) is 5. The molecule has 2 aliphatic rings. The first-order valence-corrected chi connectivity index (χ1v) is 7.40. The number of carbonyl (C=O) groups excluding carboxylic acids is 1. The molecule has 1 saturated heterocycles. The molecular formula is C15H21N3O3. The van der Waals surface area contributed by atoms with Gasteiger partial charge in [0.05, 0.1) is 6.54 Å². The molecule has 0 aromatic heterocycles. The van der Waals surface area contributed by atoms with Crippen LogP contribution in [0.2, 0.25) is 0 Å². The molecule has 0 spiro atoms. The summed E-state index contributed by atoms with van der Waals surface area (Å²) in [5, 5.41) is 6.17. The summed E-state index contributed by atoms with van der Waals surface area (Å²) < 4.78 is 10.6. The van der Waals surface area contributed by atoms with Gasteiger partial charge >= 0.3 is 0 Å². The highest BCUT2D eigenvalue weighted by Gasteiger charge is 2.25. The van der Waals surface area contributed by atoms with Crippen molar-refractivity contribution in [3.63, 3.8) is 0 Å². The van der Waals surface area contributed by atoms with Crippen LogP contribution in [-0.4, -0.2) is 49.8 Å². The fraction of sp³-hybridized carbons (Fsp3) is 0.533. The first kappa shape index (κ1) is 14.2. The predicted octanol–water partition coefficient (Wildman–Crippen LogP) is 1.04. The Morgan fingerprint density at radius 2 is 2.19 bits per heavy atom. The molecule has 3 rings (SSSR count). The van der Waals surface area contributed by atoms with Crippen molar-refractivity contribution in [2.24, 2.45) is 0 Å². The summed E-state index contributed by atoms with van der Waals surface area (Å²) in [6.07, 6.45) is 1.05. The highest BCUT2D eigenvalue weighted by atomic mass is 16.7. The zero-order valence-corrected chi connectivity index (χ0v) is 12.2. The molecule has 2 N–H and O–H groups in total. The van der Waals surface area contributed by atoms with Crippen molar-refractivity contribution in [3.05, 3.63) is 18.2 Å². The standard InChI is InChI=1S/C15H21N3O3/c1-2-5-18(12-7-16-8-12)9-15(19)17-11-3-4-13-14(6-11)21-10-20-13/h3-4,6,12,16H,2,5,7-10H2,1H3,(H,17,19). The minimum atomic E-state index is 0.00853. The lowest BCUT2D eigenvalue weighted by atomic mass is 10.1. The molecule has 0 unspecified atom stereocenters. The lowest BCUT2D eigenvalue weighted by Gasteiger charge is -2.37. The van der Waals surface area contributed by atoms with Crippen LogP contribution >= 0.6 is 0 Å². The fourth-order valence-electron chi connectivity index (χ4n) is 2.57. The van der Waals surface area contributed by atoms with E-state index in [1.54, 1.807) is 6.07 Å². The van der Waals surface area contributed by atoms with Crippen molar-refractivity contribution in [1.82, 2.24) is 10.2 Å². The minimum Gasteiger partial charge on any atom is -0.454 e. The lowest BCUT2D eigenvalue weighted by Crippen LogP contribution is -2.58. The Balaban J connectivity index is 1.57. The molecule has 1 aromatic rings. The predicted molar refractivity (Wildman–Crippen MR) is 79.7 cm³/mol. The van der Waals surface area contributed by atoms with Gasteiger partial charge in [0.25, 0.3) is 0 Å². The summed E-state index contributed by atoms with van der Waals surface area (Å²) in [5.41, 5.74) is 0.743. The second-order valence-electron chi connectivity index (χ2n) is 5.40. The van der Waals surface area contributed by atoms with Crippen LogP contribution in [0, 0.1) is 0 Å². The van der Waals surface area contributed by atoms with Crippen LogP contribution in [0.25, 0.3) is 0 Å². The molecule has 6 nitrogen and oxygen atoms in total. The summed E-state index contributed by atoms with van der Waals surface area (Å²) in [6.45, 7) is 5.69. The third-order valence-electron chi connectivity index (χ3n) is 3.79. The number of rotatable bonds is 6. The largest absolute Gasteiger partial charge is 0.454 e. The monoisotopic (exact) mass is 291 g/mol. The van der Waals surface area contributed by atoms with Gasteiger partial charge in [-0.15, -0.1) is 0 Å². The number of fused-ring (bicyclic) bond motifs is 1. The average Bonchev–Trinajstić information content (AvgIpc) is 2.84. The SMILES string of the molecule is CCCN(CC(=O)Nc1ccc2c(c1)OCO2)C1CNC1. The maximum Gasteiger partial charge on any atom is 0.238 e. The van der Waals surface area contributed by atoms with E-state index in [4.69, 9.17) is 9.47 Å². The molecular weight excluding hydrogens is 270 g/mol. The number of amides is 1. The average molecular weight is 291 g/mol. The summed E-state index contributed by atoms with van der Waals surface area (Å²) in [7, 11) is 0. The van der Waals surface area contributed by atoms with E-state index in [2.05, 4.69) is 22.5 Å². The Bertz CT molecular complexity index is 517. The Morgan fingerprint density at radius 1 is 1.38 bits per heavy atom. The van der Waals surface area contributed by atoms with Gasteiger partial charge in [-0.2, -0.15) is 0 Å². The van der Waals surface area contributed by atoms with Crippen LogP contribution in [0.3, 0.4) is 0 Å². The Hall–Kier alpha value is -1.79. The zero-order valence-electron chi connectivity index (χ0n) is 12.2. The van der Waals surface area contributed by atoms with Gasteiger partial charge in [0.2, 0.25) is 12.7 Å². The molecule has 6 heteroatoms. The van der Waals surface area contributed by atoms with Crippen molar-refractivity contribution in [1.29, 1.82) is 0 Å². The topological polar surface area (TPSA) is 62.8 Å². The van der Waals surface area contributed by atoms with E-state index in [1.807, 2.05) is 12.1 Å². The van der Waals surface area contributed by atoms with E-state index in [9.17, 15) is 4.79 Å². The number of nitrogens with one attached hydrogen (secondary N) is 2. The minimum absolute atomic E-state index is 0.00853. The van der Waals surface area contributed by atoms with Crippen molar-refractivity contribution >= 4 is 11.6 Å². The van der Waals surface area contributed by atoms with Gasteiger partial charge in [-0.1, -0.05) is 6.92 Å². The van der Waals surface area contributed by atoms with Crippen LogP contribution in [0.5, 0.6) is 11.5 Å².